The second kappa shape index (κ2) is 8.50. The van der Waals surface area contributed by atoms with Gasteiger partial charge in [0.2, 0.25) is 5.91 Å². The standard InChI is InChI=1S/C24H21N3O5/c1-14(2)20(27-23(30)17-6-3-4-7-18(17)24(27)31)22(29)26-16-11-9-15(10-12-16)25-21(28)19-8-5-13-32-19/h3-14,20H,1-2H3,(H,25,28)(H,26,29). The summed E-state index contributed by atoms with van der Waals surface area (Å²) in [6, 6.07) is 15.2. The maximum Gasteiger partial charge on any atom is 0.291 e. The van der Waals surface area contributed by atoms with Crippen molar-refractivity contribution in [1.29, 1.82) is 0 Å². The molecule has 1 aliphatic rings. The number of furan rings is 1. The average Bonchev–Trinajstić information content (AvgIpc) is 3.39. The van der Waals surface area contributed by atoms with E-state index in [1.807, 2.05) is 0 Å². The molecule has 3 aromatic rings. The van der Waals surface area contributed by atoms with Gasteiger partial charge in [0.05, 0.1) is 17.4 Å². The molecule has 2 heterocycles. The van der Waals surface area contributed by atoms with Gasteiger partial charge in [0.1, 0.15) is 6.04 Å². The number of nitrogens with one attached hydrogen (secondary N) is 2. The van der Waals surface area contributed by atoms with Crippen LogP contribution in [0, 0.1) is 5.92 Å². The second-order valence-electron chi connectivity index (χ2n) is 7.71. The molecular weight excluding hydrogens is 410 g/mol. The van der Waals surface area contributed by atoms with E-state index in [0.717, 1.165) is 4.90 Å². The predicted molar refractivity (Wildman–Crippen MR) is 117 cm³/mol. The predicted octanol–water partition coefficient (Wildman–Crippen LogP) is 3.79. The normalized spacial score (nSPS) is 13.8. The fourth-order valence-electron chi connectivity index (χ4n) is 3.63. The Bertz CT molecular complexity index is 1150. The molecule has 0 radical (unpaired) electrons. The minimum atomic E-state index is -0.972. The van der Waals surface area contributed by atoms with Crippen molar-refractivity contribution in [2.75, 3.05) is 10.6 Å². The third kappa shape index (κ3) is 3.90. The summed E-state index contributed by atoms with van der Waals surface area (Å²) in [4.78, 5) is 51.8. The van der Waals surface area contributed by atoms with Crippen molar-refractivity contribution in [2.45, 2.75) is 19.9 Å². The third-order valence-electron chi connectivity index (χ3n) is 5.16. The number of hydrogen-bond acceptors (Lipinski definition) is 5. The maximum absolute atomic E-state index is 13.1. The van der Waals surface area contributed by atoms with E-state index < -0.39 is 29.7 Å². The Morgan fingerprint density at radius 3 is 1.88 bits per heavy atom. The molecule has 4 amide bonds. The van der Waals surface area contributed by atoms with Crippen molar-refractivity contribution in [3.05, 3.63) is 83.8 Å². The van der Waals surface area contributed by atoms with E-state index in [9.17, 15) is 19.2 Å². The highest BCUT2D eigenvalue weighted by atomic mass is 16.3. The van der Waals surface area contributed by atoms with Gasteiger partial charge in [-0.15, -0.1) is 0 Å². The van der Waals surface area contributed by atoms with Crippen LogP contribution in [0.25, 0.3) is 0 Å². The summed E-state index contributed by atoms with van der Waals surface area (Å²) < 4.78 is 5.05. The Kier molecular flexibility index (Phi) is 5.59. The molecule has 1 aromatic heterocycles. The van der Waals surface area contributed by atoms with Crippen LogP contribution in [-0.2, 0) is 4.79 Å². The molecule has 0 fully saturated rings. The van der Waals surface area contributed by atoms with Crippen LogP contribution in [0.1, 0.15) is 45.1 Å². The van der Waals surface area contributed by atoms with Crippen LogP contribution in [0.2, 0.25) is 0 Å². The molecular formula is C24H21N3O5. The lowest BCUT2D eigenvalue weighted by atomic mass is 10.0. The number of imide groups is 1. The molecule has 0 aliphatic carbocycles. The van der Waals surface area contributed by atoms with Crippen LogP contribution in [0.15, 0.2) is 71.3 Å². The molecule has 8 heteroatoms. The third-order valence-corrected chi connectivity index (χ3v) is 5.16. The first-order valence-corrected chi connectivity index (χ1v) is 10.1. The van der Waals surface area contributed by atoms with E-state index in [1.165, 1.54) is 6.26 Å². The van der Waals surface area contributed by atoms with Gasteiger partial charge in [0, 0.05) is 11.4 Å². The van der Waals surface area contributed by atoms with Gasteiger partial charge in [-0.05, 0) is 54.4 Å². The number of hydrogen-bond donors (Lipinski definition) is 2. The van der Waals surface area contributed by atoms with E-state index in [4.69, 9.17) is 4.42 Å². The fraction of sp³-hybridized carbons (Fsp3) is 0.167. The zero-order valence-corrected chi connectivity index (χ0v) is 17.5. The first-order chi connectivity index (χ1) is 15.4. The number of amides is 4. The van der Waals surface area contributed by atoms with E-state index in [1.54, 1.807) is 74.5 Å². The molecule has 0 saturated heterocycles. The van der Waals surface area contributed by atoms with E-state index in [0.29, 0.717) is 22.5 Å². The van der Waals surface area contributed by atoms with Gasteiger partial charge in [-0.1, -0.05) is 26.0 Å². The summed E-state index contributed by atoms with van der Waals surface area (Å²) in [5, 5.41) is 5.45. The quantitative estimate of drug-likeness (QED) is 0.577. The van der Waals surface area contributed by atoms with Gasteiger partial charge in [0.25, 0.3) is 17.7 Å². The summed E-state index contributed by atoms with van der Waals surface area (Å²) in [6.45, 7) is 3.56. The Morgan fingerprint density at radius 1 is 0.812 bits per heavy atom. The van der Waals surface area contributed by atoms with E-state index >= 15 is 0 Å². The highest BCUT2D eigenvalue weighted by Crippen LogP contribution is 2.28. The zero-order chi connectivity index (χ0) is 22.8. The molecule has 162 valence electrons. The lowest BCUT2D eigenvalue weighted by Crippen LogP contribution is -2.50. The lowest BCUT2D eigenvalue weighted by molar-refractivity contribution is -0.121. The highest BCUT2D eigenvalue weighted by Gasteiger charge is 2.43. The molecule has 2 N–H and O–H groups in total. The summed E-state index contributed by atoms with van der Waals surface area (Å²) in [5.41, 5.74) is 1.58. The first-order valence-electron chi connectivity index (χ1n) is 10.1. The van der Waals surface area contributed by atoms with Gasteiger partial charge in [0.15, 0.2) is 5.76 Å². The molecule has 0 bridgehead atoms. The van der Waals surface area contributed by atoms with Crippen molar-refractivity contribution in [2.24, 2.45) is 5.92 Å². The summed E-state index contributed by atoms with van der Waals surface area (Å²) in [7, 11) is 0. The molecule has 1 atom stereocenters. The van der Waals surface area contributed by atoms with Gasteiger partial charge >= 0.3 is 0 Å². The molecule has 2 aromatic carbocycles. The zero-order valence-electron chi connectivity index (χ0n) is 17.5. The van der Waals surface area contributed by atoms with Crippen molar-refractivity contribution in [1.82, 2.24) is 4.90 Å². The van der Waals surface area contributed by atoms with Gasteiger partial charge in [-0.2, -0.15) is 0 Å². The molecule has 32 heavy (non-hydrogen) atoms. The van der Waals surface area contributed by atoms with Gasteiger partial charge in [-0.25, -0.2) is 0 Å². The van der Waals surface area contributed by atoms with Crippen molar-refractivity contribution in [3.63, 3.8) is 0 Å². The Balaban J connectivity index is 1.48. The Labute approximate surface area is 184 Å². The number of carbonyl (C=O) groups excluding carboxylic acids is 4. The minimum absolute atomic E-state index is 0.183. The number of nitrogens with zero attached hydrogens (tertiary/aromatic N) is 1. The largest absolute Gasteiger partial charge is 0.459 e. The van der Waals surface area contributed by atoms with Crippen molar-refractivity contribution >= 4 is 35.0 Å². The number of benzene rings is 2. The minimum Gasteiger partial charge on any atom is -0.459 e. The summed E-state index contributed by atoms with van der Waals surface area (Å²) >= 11 is 0. The second-order valence-corrected chi connectivity index (χ2v) is 7.71. The average molecular weight is 431 g/mol. The van der Waals surface area contributed by atoms with Crippen LogP contribution in [-0.4, -0.2) is 34.6 Å². The maximum atomic E-state index is 13.1. The topological polar surface area (TPSA) is 109 Å². The van der Waals surface area contributed by atoms with Crippen LogP contribution in [0.5, 0.6) is 0 Å². The number of carbonyl (C=O) groups is 4. The van der Waals surface area contributed by atoms with Crippen LogP contribution >= 0.6 is 0 Å². The van der Waals surface area contributed by atoms with Crippen LogP contribution in [0.4, 0.5) is 11.4 Å². The monoisotopic (exact) mass is 431 g/mol. The van der Waals surface area contributed by atoms with Gasteiger partial charge in [-0.3, -0.25) is 24.1 Å². The molecule has 0 saturated carbocycles. The number of anilines is 2. The van der Waals surface area contributed by atoms with E-state index in [-0.39, 0.29) is 11.7 Å². The van der Waals surface area contributed by atoms with Crippen LogP contribution in [0.3, 0.4) is 0 Å². The summed E-state index contributed by atoms with van der Waals surface area (Å²) in [5.74, 6) is -1.93. The molecule has 1 unspecified atom stereocenters. The molecule has 8 nitrogen and oxygen atoms in total. The fourth-order valence-corrected chi connectivity index (χ4v) is 3.63. The Morgan fingerprint density at radius 2 is 1.38 bits per heavy atom. The lowest BCUT2D eigenvalue weighted by Gasteiger charge is -2.28. The van der Waals surface area contributed by atoms with Crippen LogP contribution < -0.4 is 10.6 Å². The van der Waals surface area contributed by atoms with Gasteiger partial charge < -0.3 is 15.1 Å². The highest BCUT2D eigenvalue weighted by molar-refractivity contribution is 6.23. The molecule has 4 rings (SSSR count). The number of fused-ring (bicyclic) bond motifs is 1. The van der Waals surface area contributed by atoms with Crippen molar-refractivity contribution < 1.29 is 23.6 Å². The Hall–Kier alpha value is -4.20. The smallest absolute Gasteiger partial charge is 0.291 e. The van der Waals surface area contributed by atoms with E-state index in [2.05, 4.69) is 10.6 Å². The first kappa shape index (κ1) is 21.0. The molecule has 1 aliphatic heterocycles. The van der Waals surface area contributed by atoms with Crippen molar-refractivity contribution in [3.8, 4) is 0 Å². The summed E-state index contributed by atoms with van der Waals surface area (Å²) in [6.07, 6.45) is 1.41. The number of rotatable bonds is 6. The SMILES string of the molecule is CC(C)C(C(=O)Nc1ccc(NC(=O)c2ccco2)cc1)N1C(=O)c2ccccc2C1=O. The molecule has 0 spiro atoms.